The Morgan fingerprint density at radius 3 is 2.27 bits per heavy atom. The summed E-state index contributed by atoms with van der Waals surface area (Å²) in [5, 5.41) is 0. The topological polar surface area (TPSA) is 52.6 Å². The molecule has 3 rings (SSSR count). The number of esters is 2. The fraction of sp³-hybridized carbons (Fsp3) is 0.636. The van der Waals surface area contributed by atoms with E-state index in [0.717, 1.165) is 32.1 Å². The highest BCUT2D eigenvalue weighted by Gasteiger charge is 2.59. The first-order chi connectivity index (χ1) is 12.2. The zero-order valence-corrected chi connectivity index (χ0v) is 16.3. The normalized spacial score (nSPS) is 27.8. The van der Waals surface area contributed by atoms with Crippen LogP contribution in [-0.2, 0) is 14.3 Å². The van der Waals surface area contributed by atoms with Crippen molar-refractivity contribution >= 4 is 11.9 Å². The third-order valence-electron chi connectivity index (χ3n) is 5.76. The van der Waals surface area contributed by atoms with E-state index >= 15 is 0 Å². The Bertz CT molecular complexity index is 660. The maximum atomic E-state index is 12.3. The number of benzene rings is 1. The Balaban J connectivity index is 1.55. The van der Waals surface area contributed by atoms with Crippen molar-refractivity contribution in [3.05, 3.63) is 35.4 Å². The van der Waals surface area contributed by atoms with Crippen molar-refractivity contribution in [3.8, 4) is 0 Å². The third kappa shape index (κ3) is 4.11. The molecule has 1 unspecified atom stereocenters. The van der Waals surface area contributed by atoms with Crippen molar-refractivity contribution in [1.29, 1.82) is 0 Å². The lowest BCUT2D eigenvalue weighted by Gasteiger charge is -2.30. The van der Waals surface area contributed by atoms with Gasteiger partial charge in [-0.05, 0) is 88.8 Å². The molecule has 1 atom stereocenters. The first kappa shape index (κ1) is 18.9. The molecule has 0 heterocycles. The minimum atomic E-state index is -0.404. The van der Waals surface area contributed by atoms with Gasteiger partial charge in [0.1, 0.15) is 5.60 Å². The summed E-state index contributed by atoms with van der Waals surface area (Å²) in [5.74, 6) is 0.320. The average molecular weight is 358 g/mol. The van der Waals surface area contributed by atoms with Crippen LogP contribution in [0.15, 0.2) is 24.3 Å². The first-order valence-electron chi connectivity index (χ1n) is 9.74. The molecule has 2 aliphatic rings. The molecule has 0 saturated heterocycles. The van der Waals surface area contributed by atoms with Crippen LogP contribution in [0.1, 0.15) is 81.6 Å². The second-order valence-electron chi connectivity index (χ2n) is 8.77. The number of carbonyl (C=O) groups is 2. The largest absolute Gasteiger partial charge is 0.462 e. The molecule has 4 heteroatoms. The molecule has 0 N–H and O–H groups in total. The van der Waals surface area contributed by atoms with Crippen molar-refractivity contribution in [2.75, 3.05) is 6.61 Å². The van der Waals surface area contributed by atoms with Crippen LogP contribution in [0.2, 0.25) is 0 Å². The summed E-state index contributed by atoms with van der Waals surface area (Å²) in [4.78, 5) is 24.1. The van der Waals surface area contributed by atoms with Gasteiger partial charge >= 0.3 is 11.9 Å². The quantitative estimate of drug-likeness (QED) is 0.721. The van der Waals surface area contributed by atoms with Gasteiger partial charge in [-0.2, -0.15) is 0 Å². The summed E-state index contributed by atoms with van der Waals surface area (Å²) in [6.45, 7) is 7.99. The van der Waals surface area contributed by atoms with Crippen LogP contribution >= 0.6 is 0 Å². The predicted octanol–water partition coefficient (Wildman–Crippen LogP) is 4.87. The zero-order valence-electron chi connectivity index (χ0n) is 16.3. The molecule has 0 bridgehead atoms. The lowest BCUT2D eigenvalue weighted by atomic mass is 9.75. The van der Waals surface area contributed by atoms with E-state index in [1.54, 1.807) is 0 Å². The zero-order chi connectivity index (χ0) is 18.9. The molecule has 1 aromatic carbocycles. The molecule has 0 radical (unpaired) electrons. The van der Waals surface area contributed by atoms with E-state index in [1.165, 1.54) is 5.56 Å². The standard InChI is InChI=1S/C22H30O4/c1-5-25-19(23)17-8-6-15(7-9-17)16-10-12-22(13-11-16)14-18(22)20(24)26-21(2,3)4/h6-9,16,18H,5,10-14H2,1-4H3. The molecule has 1 spiro atoms. The van der Waals surface area contributed by atoms with Gasteiger partial charge in [-0.15, -0.1) is 0 Å². The van der Waals surface area contributed by atoms with Crippen molar-refractivity contribution in [2.24, 2.45) is 11.3 Å². The van der Waals surface area contributed by atoms with Crippen LogP contribution in [0.25, 0.3) is 0 Å². The number of hydrogen-bond acceptors (Lipinski definition) is 4. The first-order valence-corrected chi connectivity index (χ1v) is 9.74. The van der Waals surface area contributed by atoms with Gasteiger partial charge in [0.05, 0.1) is 18.1 Å². The average Bonchev–Trinajstić information content (AvgIpc) is 3.28. The minimum Gasteiger partial charge on any atom is -0.462 e. The smallest absolute Gasteiger partial charge is 0.338 e. The Morgan fingerprint density at radius 2 is 1.73 bits per heavy atom. The Kier molecular flexibility index (Phi) is 5.14. The fourth-order valence-corrected chi connectivity index (χ4v) is 4.24. The Morgan fingerprint density at radius 1 is 1.12 bits per heavy atom. The molecular formula is C22H30O4. The number of carbonyl (C=O) groups excluding carboxylic acids is 2. The van der Waals surface area contributed by atoms with Gasteiger partial charge in [-0.25, -0.2) is 4.79 Å². The van der Waals surface area contributed by atoms with E-state index in [2.05, 4.69) is 0 Å². The summed E-state index contributed by atoms with van der Waals surface area (Å²) in [6, 6.07) is 7.82. The van der Waals surface area contributed by atoms with E-state index in [4.69, 9.17) is 9.47 Å². The van der Waals surface area contributed by atoms with Crippen molar-refractivity contribution < 1.29 is 19.1 Å². The third-order valence-corrected chi connectivity index (χ3v) is 5.76. The summed E-state index contributed by atoms with van der Waals surface area (Å²) in [5.41, 5.74) is 1.67. The highest BCUT2D eigenvalue weighted by molar-refractivity contribution is 5.89. The van der Waals surface area contributed by atoms with Gasteiger partial charge < -0.3 is 9.47 Å². The van der Waals surface area contributed by atoms with Crippen LogP contribution in [-0.4, -0.2) is 24.1 Å². The SMILES string of the molecule is CCOC(=O)c1ccc(C2CCC3(CC2)CC3C(=O)OC(C)(C)C)cc1. The van der Waals surface area contributed by atoms with Crippen LogP contribution in [0.5, 0.6) is 0 Å². The molecule has 0 aromatic heterocycles. The summed E-state index contributed by atoms with van der Waals surface area (Å²) < 4.78 is 10.6. The summed E-state index contributed by atoms with van der Waals surface area (Å²) >= 11 is 0. The van der Waals surface area contributed by atoms with E-state index in [-0.39, 0.29) is 23.3 Å². The number of ether oxygens (including phenoxy) is 2. The molecule has 142 valence electrons. The van der Waals surface area contributed by atoms with Gasteiger partial charge in [0.25, 0.3) is 0 Å². The monoisotopic (exact) mass is 358 g/mol. The molecular weight excluding hydrogens is 328 g/mol. The highest BCUT2D eigenvalue weighted by atomic mass is 16.6. The Labute approximate surface area is 156 Å². The molecule has 4 nitrogen and oxygen atoms in total. The molecule has 2 saturated carbocycles. The van der Waals surface area contributed by atoms with Gasteiger partial charge in [0, 0.05) is 0 Å². The summed E-state index contributed by atoms with van der Waals surface area (Å²) in [7, 11) is 0. The van der Waals surface area contributed by atoms with Crippen LogP contribution in [0, 0.1) is 11.3 Å². The van der Waals surface area contributed by atoms with E-state index < -0.39 is 5.60 Å². The molecule has 0 amide bonds. The van der Waals surface area contributed by atoms with Gasteiger partial charge in [-0.3, -0.25) is 4.79 Å². The second kappa shape index (κ2) is 7.05. The van der Waals surface area contributed by atoms with Crippen LogP contribution < -0.4 is 0 Å². The van der Waals surface area contributed by atoms with Crippen molar-refractivity contribution in [3.63, 3.8) is 0 Å². The summed E-state index contributed by atoms with van der Waals surface area (Å²) in [6.07, 6.45) is 5.34. The van der Waals surface area contributed by atoms with E-state index in [1.807, 2.05) is 52.0 Å². The molecule has 26 heavy (non-hydrogen) atoms. The van der Waals surface area contributed by atoms with Gasteiger partial charge in [0.2, 0.25) is 0 Å². The number of hydrogen-bond donors (Lipinski definition) is 0. The maximum absolute atomic E-state index is 12.3. The maximum Gasteiger partial charge on any atom is 0.338 e. The molecule has 2 aliphatic carbocycles. The highest BCUT2D eigenvalue weighted by Crippen LogP contribution is 2.63. The van der Waals surface area contributed by atoms with E-state index in [0.29, 0.717) is 18.1 Å². The van der Waals surface area contributed by atoms with Crippen molar-refractivity contribution in [1.82, 2.24) is 0 Å². The fourth-order valence-electron chi connectivity index (χ4n) is 4.24. The lowest BCUT2D eigenvalue weighted by Crippen LogP contribution is -2.27. The van der Waals surface area contributed by atoms with Gasteiger partial charge in [0.15, 0.2) is 0 Å². The second-order valence-corrected chi connectivity index (χ2v) is 8.77. The van der Waals surface area contributed by atoms with Crippen LogP contribution in [0.3, 0.4) is 0 Å². The molecule has 2 fully saturated rings. The Hall–Kier alpha value is -1.84. The lowest BCUT2D eigenvalue weighted by molar-refractivity contribution is -0.157. The predicted molar refractivity (Wildman–Crippen MR) is 100.0 cm³/mol. The van der Waals surface area contributed by atoms with Gasteiger partial charge in [-0.1, -0.05) is 12.1 Å². The molecule has 0 aliphatic heterocycles. The minimum absolute atomic E-state index is 0.0188. The molecule has 1 aromatic rings. The van der Waals surface area contributed by atoms with E-state index in [9.17, 15) is 9.59 Å². The van der Waals surface area contributed by atoms with Crippen molar-refractivity contribution in [2.45, 2.75) is 71.3 Å². The van der Waals surface area contributed by atoms with Crippen LogP contribution in [0.4, 0.5) is 0 Å². The number of rotatable bonds is 4.